The summed E-state index contributed by atoms with van der Waals surface area (Å²) in [6.07, 6.45) is 6.86. The van der Waals surface area contributed by atoms with Gasteiger partial charge in [-0.25, -0.2) is 0 Å². The molecule has 1 heterocycles. The Balaban J connectivity index is 1.59. The van der Waals surface area contributed by atoms with E-state index in [9.17, 15) is 14.4 Å². The zero-order valence-corrected chi connectivity index (χ0v) is 28.8. The lowest BCUT2D eigenvalue weighted by Crippen LogP contribution is -2.56. The van der Waals surface area contributed by atoms with Crippen molar-refractivity contribution in [3.8, 4) is 0 Å². The molecule has 0 spiro atoms. The van der Waals surface area contributed by atoms with Gasteiger partial charge in [-0.15, -0.1) is 11.3 Å². The van der Waals surface area contributed by atoms with Gasteiger partial charge in [-0.2, -0.15) is 0 Å². The average Bonchev–Trinajstić information content (AvgIpc) is 3.62. The summed E-state index contributed by atoms with van der Waals surface area (Å²) in [5, 5.41) is 7.19. The van der Waals surface area contributed by atoms with Crippen molar-refractivity contribution in [2.75, 3.05) is 20.6 Å². The minimum absolute atomic E-state index is 0.220. The van der Waals surface area contributed by atoms with Gasteiger partial charge in [-0.1, -0.05) is 98.8 Å². The molecule has 1 aromatic heterocycles. The van der Waals surface area contributed by atoms with Gasteiger partial charge in [0.1, 0.15) is 12.1 Å². The number of likely N-dealkylation sites (N-methyl/N-ethyl adjacent to an activating group) is 2. The summed E-state index contributed by atoms with van der Waals surface area (Å²) in [5.41, 5.74) is 8.14. The van der Waals surface area contributed by atoms with Gasteiger partial charge in [0.05, 0.1) is 0 Å². The Bertz CT molecular complexity index is 1630. The molecule has 0 bridgehead atoms. The SMILES string of the molecule is CCC(N)(CC)C/C=C/C(=O)N(C)C(Cc1ccc2ccccc2c1)C(=O)N(C)C(Cc1cccs1)C(=O)NCCc1ccccc1. The van der Waals surface area contributed by atoms with Crippen LogP contribution in [0.3, 0.4) is 0 Å². The number of nitrogens with zero attached hydrogens (tertiary/aromatic N) is 2. The summed E-state index contributed by atoms with van der Waals surface area (Å²) in [4.78, 5) is 45.8. The first-order chi connectivity index (χ1) is 22.6. The van der Waals surface area contributed by atoms with Crippen LogP contribution in [0, 0.1) is 0 Å². The van der Waals surface area contributed by atoms with E-state index in [-0.39, 0.29) is 23.3 Å². The lowest BCUT2D eigenvalue weighted by molar-refractivity contribution is -0.146. The number of hydrogen-bond donors (Lipinski definition) is 2. The van der Waals surface area contributed by atoms with Gasteiger partial charge in [-0.05, 0) is 65.1 Å². The second-order valence-corrected chi connectivity index (χ2v) is 13.3. The first-order valence-corrected chi connectivity index (χ1v) is 17.3. The molecule has 4 aromatic rings. The summed E-state index contributed by atoms with van der Waals surface area (Å²) in [5.74, 6) is -0.798. The molecule has 3 amide bonds. The molecule has 7 nitrogen and oxygen atoms in total. The Morgan fingerprint density at radius 1 is 0.830 bits per heavy atom. The predicted octanol–water partition coefficient (Wildman–Crippen LogP) is 6.16. The van der Waals surface area contributed by atoms with Gasteiger partial charge in [0.15, 0.2) is 0 Å². The zero-order chi connectivity index (χ0) is 33.8. The van der Waals surface area contributed by atoms with Crippen molar-refractivity contribution in [1.29, 1.82) is 0 Å². The van der Waals surface area contributed by atoms with E-state index in [0.717, 1.165) is 39.6 Å². The molecule has 47 heavy (non-hydrogen) atoms. The Kier molecular flexibility index (Phi) is 12.9. The van der Waals surface area contributed by atoms with Gasteiger partial charge >= 0.3 is 0 Å². The molecule has 3 N–H and O–H groups in total. The first-order valence-electron chi connectivity index (χ1n) is 16.4. The number of nitrogens with two attached hydrogens (primary N) is 1. The molecule has 0 fully saturated rings. The molecule has 2 atom stereocenters. The summed E-state index contributed by atoms with van der Waals surface area (Å²) >= 11 is 1.55. The number of thiophene rings is 1. The van der Waals surface area contributed by atoms with E-state index >= 15 is 0 Å². The molecule has 4 rings (SSSR count). The summed E-state index contributed by atoms with van der Waals surface area (Å²) in [6.45, 7) is 4.54. The molecule has 0 saturated heterocycles. The van der Waals surface area contributed by atoms with Crippen molar-refractivity contribution >= 4 is 39.8 Å². The van der Waals surface area contributed by atoms with Crippen LogP contribution >= 0.6 is 11.3 Å². The van der Waals surface area contributed by atoms with Crippen molar-refractivity contribution in [3.05, 3.63) is 118 Å². The third-order valence-corrected chi connectivity index (χ3v) is 10.1. The van der Waals surface area contributed by atoms with Crippen molar-refractivity contribution in [2.24, 2.45) is 5.73 Å². The van der Waals surface area contributed by atoms with Crippen LogP contribution in [0.4, 0.5) is 0 Å². The smallest absolute Gasteiger partial charge is 0.246 e. The fourth-order valence-corrected chi connectivity index (χ4v) is 6.43. The van der Waals surface area contributed by atoms with E-state index in [2.05, 4.69) is 11.4 Å². The molecule has 2 unspecified atom stereocenters. The predicted molar refractivity (Wildman–Crippen MR) is 193 cm³/mol. The topological polar surface area (TPSA) is 95.7 Å². The van der Waals surface area contributed by atoms with Gasteiger partial charge in [0.25, 0.3) is 0 Å². The molecule has 0 aliphatic heterocycles. The van der Waals surface area contributed by atoms with E-state index in [0.29, 0.717) is 32.2 Å². The number of amides is 3. The lowest BCUT2D eigenvalue weighted by Gasteiger charge is -2.34. The number of nitrogens with one attached hydrogen (secondary N) is 1. The van der Waals surface area contributed by atoms with Crippen LogP contribution in [0.1, 0.15) is 49.1 Å². The van der Waals surface area contributed by atoms with Crippen molar-refractivity contribution in [1.82, 2.24) is 15.1 Å². The number of rotatable bonds is 16. The molecule has 248 valence electrons. The Hall–Kier alpha value is -4.27. The Labute approximate surface area is 283 Å². The van der Waals surface area contributed by atoms with Gasteiger partial charge in [-0.3, -0.25) is 14.4 Å². The van der Waals surface area contributed by atoms with Crippen molar-refractivity contribution in [2.45, 2.75) is 70.0 Å². The quantitative estimate of drug-likeness (QED) is 0.142. The van der Waals surface area contributed by atoms with Crippen LogP contribution in [-0.2, 0) is 33.6 Å². The monoisotopic (exact) mass is 652 g/mol. The highest BCUT2D eigenvalue weighted by atomic mass is 32.1. The normalized spacial score (nSPS) is 13.0. The largest absolute Gasteiger partial charge is 0.354 e. The van der Waals surface area contributed by atoms with Crippen LogP contribution in [0.5, 0.6) is 0 Å². The van der Waals surface area contributed by atoms with Crippen molar-refractivity contribution in [3.63, 3.8) is 0 Å². The molecule has 0 radical (unpaired) electrons. The molecule has 8 heteroatoms. The van der Waals surface area contributed by atoms with E-state index in [4.69, 9.17) is 5.73 Å². The van der Waals surface area contributed by atoms with Crippen LogP contribution in [0.2, 0.25) is 0 Å². The maximum atomic E-state index is 14.5. The van der Waals surface area contributed by atoms with Crippen LogP contribution in [0.15, 0.2) is 102 Å². The maximum Gasteiger partial charge on any atom is 0.246 e. The highest BCUT2D eigenvalue weighted by Crippen LogP contribution is 2.21. The fourth-order valence-electron chi connectivity index (χ4n) is 5.69. The first kappa shape index (κ1) is 35.6. The summed E-state index contributed by atoms with van der Waals surface area (Å²) < 4.78 is 0. The fraction of sp³-hybridized carbons (Fsp3) is 0.359. The summed E-state index contributed by atoms with van der Waals surface area (Å²) in [6, 6.07) is 26.5. The van der Waals surface area contributed by atoms with Crippen molar-refractivity contribution < 1.29 is 14.4 Å². The highest BCUT2D eigenvalue weighted by Gasteiger charge is 2.35. The second-order valence-electron chi connectivity index (χ2n) is 12.3. The molecule has 0 saturated carbocycles. The van der Waals surface area contributed by atoms with Crippen LogP contribution in [0.25, 0.3) is 10.8 Å². The molecule has 3 aromatic carbocycles. The minimum Gasteiger partial charge on any atom is -0.354 e. The number of fused-ring (bicyclic) bond motifs is 1. The Morgan fingerprint density at radius 3 is 2.21 bits per heavy atom. The number of benzene rings is 3. The number of carbonyl (C=O) groups excluding carboxylic acids is 3. The van der Waals surface area contributed by atoms with E-state index in [1.807, 2.05) is 104 Å². The van der Waals surface area contributed by atoms with Gasteiger partial charge < -0.3 is 20.9 Å². The van der Waals surface area contributed by atoms with E-state index in [1.54, 1.807) is 25.4 Å². The number of carbonyl (C=O) groups is 3. The highest BCUT2D eigenvalue weighted by molar-refractivity contribution is 7.09. The maximum absolute atomic E-state index is 14.5. The average molecular weight is 653 g/mol. The molecule has 0 aliphatic rings. The standard InChI is InChI=1S/C39H48N4O3S/c1-5-39(40,6-2)23-12-19-36(44)42(3)35(27-30-20-21-31-16-10-11-17-32(31)26-30)38(46)43(4)34(28-33-18-13-25-47-33)37(45)41-24-22-29-14-8-7-9-15-29/h7-21,25-26,34-35H,5-6,22-24,27-28,40H2,1-4H3,(H,41,45)/b19-12+. The second kappa shape index (κ2) is 17.0. The van der Waals surface area contributed by atoms with E-state index < -0.39 is 12.1 Å². The van der Waals surface area contributed by atoms with Crippen LogP contribution < -0.4 is 11.1 Å². The third-order valence-electron chi connectivity index (χ3n) is 9.18. The summed E-state index contributed by atoms with van der Waals surface area (Å²) in [7, 11) is 3.33. The minimum atomic E-state index is -0.832. The molecular weight excluding hydrogens is 605 g/mol. The number of hydrogen-bond acceptors (Lipinski definition) is 5. The zero-order valence-electron chi connectivity index (χ0n) is 28.0. The third kappa shape index (κ3) is 9.86. The molecule has 0 aliphatic carbocycles. The van der Waals surface area contributed by atoms with Crippen LogP contribution in [-0.4, -0.2) is 65.8 Å². The van der Waals surface area contributed by atoms with Gasteiger partial charge in [0.2, 0.25) is 17.7 Å². The molecular formula is C39H48N4O3S. The Morgan fingerprint density at radius 2 is 1.53 bits per heavy atom. The van der Waals surface area contributed by atoms with Gasteiger partial charge in [0, 0.05) is 43.9 Å². The van der Waals surface area contributed by atoms with E-state index in [1.165, 1.54) is 15.9 Å². The lowest BCUT2D eigenvalue weighted by atomic mass is 9.90.